The van der Waals surface area contributed by atoms with E-state index in [-0.39, 0.29) is 11.9 Å². The Kier molecular flexibility index (Phi) is 7.54. The topological polar surface area (TPSA) is 41.6 Å². The Morgan fingerprint density at radius 2 is 2.14 bits per heavy atom. The number of amides is 1. The molecule has 1 atom stereocenters. The maximum absolute atomic E-state index is 12.8. The molecule has 118 valence electrons. The lowest BCUT2D eigenvalue weighted by molar-refractivity contribution is 0.0580. The van der Waals surface area contributed by atoms with Crippen LogP contribution in [-0.2, 0) is 4.74 Å². The Hall–Kier alpha value is -1.26. The highest BCUT2D eigenvalue weighted by molar-refractivity contribution is 6.31. The zero-order valence-corrected chi connectivity index (χ0v) is 14.0. The second-order valence-electron chi connectivity index (χ2n) is 5.01. The number of carbonyl (C=O) groups is 1. The van der Waals surface area contributed by atoms with Crippen molar-refractivity contribution in [3.63, 3.8) is 0 Å². The number of likely N-dealkylation sites (N-methyl/N-ethyl adjacent to an activating group) is 1. The quantitative estimate of drug-likeness (QED) is 0.796. The first-order valence-corrected chi connectivity index (χ1v) is 7.76. The molecule has 1 aromatic rings. The summed E-state index contributed by atoms with van der Waals surface area (Å²) in [6, 6.07) is 5.40. The normalized spacial score (nSPS) is 12.0. The molecule has 0 fully saturated rings. The lowest BCUT2D eigenvalue weighted by Gasteiger charge is -2.28. The summed E-state index contributed by atoms with van der Waals surface area (Å²) in [5, 5.41) is 3.85. The number of nitrogens with zero attached hydrogens (tertiary/aromatic N) is 1. The molecule has 0 aliphatic rings. The van der Waals surface area contributed by atoms with Gasteiger partial charge in [-0.3, -0.25) is 4.79 Å². The first kappa shape index (κ1) is 17.8. The Balaban J connectivity index is 3.05. The fourth-order valence-electron chi connectivity index (χ4n) is 2.25. The van der Waals surface area contributed by atoms with Crippen LogP contribution in [0.5, 0.6) is 0 Å². The molecule has 0 saturated carbocycles. The van der Waals surface area contributed by atoms with E-state index in [9.17, 15) is 4.79 Å². The van der Waals surface area contributed by atoms with Crippen LogP contribution in [-0.4, -0.2) is 43.7 Å². The largest absolute Gasteiger partial charge is 0.384 e. The van der Waals surface area contributed by atoms with Crippen LogP contribution < -0.4 is 5.32 Å². The lowest BCUT2D eigenvalue weighted by Crippen LogP contribution is -2.41. The second-order valence-corrected chi connectivity index (χ2v) is 5.45. The first-order valence-electron chi connectivity index (χ1n) is 7.38. The van der Waals surface area contributed by atoms with E-state index in [1.807, 2.05) is 19.9 Å². The van der Waals surface area contributed by atoms with E-state index in [1.54, 1.807) is 24.1 Å². The van der Waals surface area contributed by atoms with E-state index >= 15 is 0 Å². The molecule has 0 aromatic heterocycles. The highest BCUT2D eigenvalue weighted by atomic mass is 35.5. The molecule has 0 bridgehead atoms. The van der Waals surface area contributed by atoms with Crippen molar-refractivity contribution in [1.29, 1.82) is 0 Å². The summed E-state index contributed by atoms with van der Waals surface area (Å²) in [5.41, 5.74) is 1.44. The van der Waals surface area contributed by atoms with Gasteiger partial charge in [0.25, 0.3) is 5.91 Å². The van der Waals surface area contributed by atoms with Crippen molar-refractivity contribution in [2.45, 2.75) is 33.2 Å². The van der Waals surface area contributed by atoms with Gasteiger partial charge in [-0.1, -0.05) is 18.5 Å². The third kappa shape index (κ3) is 4.90. The van der Waals surface area contributed by atoms with Crippen LogP contribution in [0, 0.1) is 0 Å². The van der Waals surface area contributed by atoms with Crippen molar-refractivity contribution in [2.75, 3.05) is 32.1 Å². The number of hydrogen-bond donors (Lipinski definition) is 1. The zero-order chi connectivity index (χ0) is 15.8. The summed E-state index contributed by atoms with van der Waals surface area (Å²) >= 11 is 6.06. The summed E-state index contributed by atoms with van der Waals surface area (Å²) in [4.78, 5) is 14.6. The Labute approximate surface area is 132 Å². The SMILES string of the molecule is CCCNc1ccc(Cl)cc1C(=O)N(CC)C(C)COC. The van der Waals surface area contributed by atoms with Gasteiger partial charge in [0.1, 0.15) is 0 Å². The van der Waals surface area contributed by atoms with Gasteiger partial charge in [0.05, 0.1) is 18.2 Å². The standard InChI is InChI=1S/C16H25ClN2O2/c1-5-9-18-15-8-7-13(17)10-14(15)16(20)19(6-2)12(3)11-21-4/h7-8,10,12,18H,5-6,9,11H2,1-4H3. The molecule has 0 aliphatic heterocycles. The fourth-order valence-corrected chi connectivity index (χ4v) is 2.42. The highest BCUT2D eigenvalue weighted by Gasteiger charge is 2.22. The van der Waals surface area contributed by atoms with Gasteiger partial charge in [0.2, 0.25) is 0 Å². The number of nitrogens with one attached hydrogen (secondary N) is 1. The number of benzene rings is 1. The molecule has 1 rings (SSSR count). The van der Waals surface area contributed by atoms with Crippen LogP contribution in [0.25, 0.3) is 0 Å². The molecule has 1 aromatic carbocycles. The third-order valence-corrected chi connectivity index (χ3v) is 3.55. The van der Waals surface area contributed by atoms with Gasteiger partial charge < -0.3 is 15.0 Å². The molecule has 0 radical (unpaired) electrons. The predicted octanol–water partition coefficient (Wildman–Crippen LogP) is 3.66. The van der Waals surface area contributed by atoms with Crippen LogP contribution in [0.3, 0.4) is 0 Å². The number of rotatable bonds is 8. The minimum atomic E-state index is -0.0249. The van der Waals surface area contributed by atoms with Crippen molar-refractivity contribution in [2.24, 2.45) is 0 Å². The molecule has 0 spiro atoms. The van der Waals surface area contributed by atoms with E-state index < -0.39 is 0 Å². The zero-order valence-electron chi connectivity index (χ0n) is 13.3. The van der Waals surface area contributed by atoms with Gasteiger partial charge in [-0.15, -0.1) is 0 Å². The highest BCUT2D eigenvalue weighted by Crippen LogP contribution is 2.23. The number of halogens is 1. The average Bonchev–Trinajstić information content (AvgIpc) is 2.46. The van der Waals surface area contributed by atoms with Crippen molar-refractivity contribution in [3.8, 4) is 0 Å². The monoisotopic (exact) mass is 312 g/mol. The fraction of sp³-hybridized carbons (Fsp3) is 0.562. The van der Waals surface area contributed by atoms with E-state index in [2.05, 4.69) is 12.2 Å². The molecule has 5 heteroatoms. The molecule has 0 heterocycles. The molecular weight excluding hydrogens is 288 g/mol. The second kappa shape index (κ2) is 8.90. The van der Waals surface area contributed by atoms with E-state index in [4.69, 9.17) is 16.3 Å². The molecule has 0 saturated heterocycles. The van der Waals surface area contributed by atoms with Crippen molar-refractivity contribution in [3.05, 3.63) is 28.8 Å². The molecule has 21 heavy (non-hydrogen) atoms. The van der Waals surface area contributed by atoms with Crippen LogP contribution >= 0.6 is 11.6 Å². The summed E-state index contributed by atoms with van der Waals surface area (Å²) in [7, 11) is 1.64. The third-order valence-electron chi connectivity index (χ3n) is 3.32. The van der Waals surface area contributed by atoms with Gasteiger partial charge in [-0.25, -0.2) is 0 Å². The van der Waals surface area contributed by atoms with Crippen molar-refractivity contribution < 1.29 is 9.53 Å². The van der Waals surface area contributed by atoms with Gasteiger partial charge >= 0.3 is 0 Å². The van der Waals surface area contributed by atoms with Crippen LogP contribution in [0.1, 0.15) is 37.6 Å². The first-order chi connectivity index (χ1) is 10.0. The van der Waals surface area contributed by atoms with Gasteiger partial charge in [-0.2, -0.15) is 0 Å². The number of ether oxygens (including phenoxy) is 1. The smallest absolute Gasteiger partial charge is 0.256 e. The molecule has 4 nitrogen and oxygen atoms in total. The van der Waals surface area contributed by atoms with Crippen LogP contribution in [0.15, 0.2) is 18.2 Å². The Morgan fingerprint density at radius 1 is 1.43 bits per heavy atom. The summed E-state index contributed by atoms with van der Waals surface area (Å²) in [6.45, 7) is 7.99. The van der Waals surface area contributed by atoms with Crippen LogP contribution in [0.2, 0.25) is 5.02 Å². The minimum Gasteiger partial charge on any atom is -0.384 e. The molecular formula is C16H25ClN2O2. The molecule has 1 amide bonds. The summed E-state index contributed by atoms with van der Waals surface area (Å²) in [5.74, 6) is -0.0249. The van der Waals surface area contributed by atoms with Crippen LogP contribution in [0.4, 0.5) is 5.69 Å². The maximum atomic E-state index is 12.8. The summed E-state index contributed by atoms with van der Waals surface area (Å²) in [6.07, 6.45) is 0.994. The van der Waals surface area contributed by atoms with E-state index in [1.165, 1.54) is 0 Å². The predicted molar refractivity (Wildman–Crippen MR) is 88.3 cm³/mol. The number of carbonyl (C=O) groups excluding carboxylic acids is 1. The maximum Gasteiger partial charge on any atom is 0.256 e. The number of methoxy groups -OCH3 is 1. The summed E-state index contributed by atoms with van der Waals surface area (Å²) < 4.78 is 5.16. The Bertz CT molecular complexity index is 466. The van der Waals surface area contributed by atoms with E-state index in [0.29, 0.717) is 23.7 Å². The average molecular weight is 313 g/mol. The number of anilines is 1. The van der Waals surface area contributed by atoms with Gasteiger partial charge in [0, 0.05) is 30.9 Å². The number of hydrogen-bond acceptors (Lipinski definition) is 3. The van der Waals surface area contributed by atoms with Gasteiger partial charge in [-0.05, 0) is 38.5 Å². The van der Waals surface area contributed by atoms with E-state index in [0.717, 1.165) is 18.7 Å². The molecule has 1 unspecified atom stereocenters. The van der Waals surface area contributed by atoms with Gasteiger partial charge in [0.15, 0.2) is 0 Å². The lowest BCUT2D eigenvalue weighted by atomic mass is 10.1. The minimum absolute atomic E-state index is 0.0190. The van der Waals surface area contributed by atoms with Crippen molar-refractivity contribution in [1.82, 2.24) is 4.90 Å². The molecule has 1 N–H and O–H groups in total. The molecule has 0 aliphatic carbocycles. The van der Waals surface area contributed by atoms with Crippen molar-refractivity contribution >= 4 is 23.2 Å². The Morgan fingerprint density at radius 3 is 2.71 bits per heavy atom.